The summed E-state index contributed by atoms with van der Waals surface area (Å²) in [5, 5.41) is 8.60. The number of methoxy groups -OCH3 is 1. The van der Waals surface area contributed by atoms with E-state index < -0.39 is 5.97 Å². The smallest absolute Gasteiger partial charge is 0.310 e. The summed E-state index contributed by atoms with van der Waals surface area (Å²) >= 11 is 0. The number of nitrogens with zero attached hydrogens (tertiary/aromatic N) is 2. The molecule has 0 spiro atoms. The van der Waals surface area contributed by atoms with E-state index in [-0.39, 0.29) is 12.2 Å². The number of nitrogens with two attached hydrogens (primary N) is 1. The summed E-state index contributed by atoms with van der Waals surface area (Å²) in [5.74, 6) is -0.164. The van der Waals surface area contributed by atoms with Crippen LogP contribution in [0.3, 0.4) is 0 Å². The molecular weight excluding hydrogens is 182 g/mol. The van der Waals surface area contributed by atoms with Gasteiger partial charge in [0.25, 0.3) is 0 Å². The maximum absolute atomic E-state index is 10.9. The molecule has 0 amide bonds. The number of pyridine rings is 1. The van der Waals surface area contributed by atoms with Crippen molar-refractivity contribution in [3.8, 4) is 6.07 Å². The van der Waals surface area contributed by atoms with Crippen LogP contribution in [0.4, 0.5) is 5.82 Å². The van der Waals surface area contributed by atoms with E-state index in [1.807, 2.05) is 6.07 Å². The molecule has 1 aromatic heterocycles. The minimum Gasteiger partial charge on any atom is -0.469 e. The first-order valence-electron chi connectivity index (χ1n) is 3.88. The van der Waals surface area contributed by atoms with Crippen LogP contribution in [-0.2, 0) is 16.0 Å². The molecule has 0 aliphatic heterocycles. The first-order valence-corrected chi connectivity index (χ1v) is 3.88. The lowest BCUT2D eigenvalue weighted by Crippen LogP contribution is -2.08. The maximum atomic E-state index is 10.9. The van der Waals surface area contributed by atoms with Gasteiger partial charge < -0.3 is 10.5 Å². The summed E-state index contributed by atoms with van der Waals surface area (Å²) in [6.07, 6.45) is 1.39. The summed E-state index contributed by atoms with van der Waals surface area (Å²) in [7, 11) is 1.29. The fraction of sp³-hybridized carbons (Fsp3) is 0.222. The second kappa shape index (κ2) is 4.23. The molecule has 1 rings (SSSR count). The highest BCUT2D eigenvalue weighted by Gasteiger charge is 2.08. The van der Waals surface area contributed by atoms with Gasteiger partial charge in [-0.15, -0.1) is 0 Å². The van der Waals surface area contributed by atoms with Crippen molar-refractivity contribution in [3.63, 3.8) is 0 Å². The maximum Gasteiger partial charge on any atom is 0.310 e. The number of ether oxygens (including phenoxy) is 1. The van der Waals surface area contributed by atoms with Gasteiger partial charge in [0, 0.05) is 11.8 Å². The van der Waals surface area contributed by atoms with E-state index in [0.29, 0.717) is 11.1 Å². The Labute approximate surface area is 81.1 Å². The summed E-state index contributed by atoms with van der Waals surface area (Å²) < 4.78 is 4.48. The molecule has 0 aromatic carbocycles. The van der Waals surface area contributed by atoms with Gasteiger partial charge in [-0.2, -0.15) is 5.26 Å². The van der Waals surface area contributed by atoms with Crippen LogP contribution in [0.2, 0.25) is 0 Å². The Morgan fingerprint density at radius 1 is 1.79 bits per heavy atom. The first kappa shape index (κ1) is 9.99. The number of rotatable bonds is 2. The second-order valence-electron chi connectivity index (χ2n) is 2.63. The molecule has 0 bridgehead atoms. The monoisotopic (exact) mass is 191 g/mol. The van der Waals surface area contributed by atoms with Crippen LogP contribution in [0.1, 0.15) is 11.1 Å². The Morgan fingerprint density at radius 2 is 2.50 bits per heavy atom. The summed E-state index contributed by atoms with van der Waals surface area (Å²) in [6, 6.07) is 3.44. The Balaban J connectivity index is 2.96. The molecule has 1 aromatic rings. The van der Waals surface area contributed by atoms with E-state index in [1.54, 1.807) is 0 Å². The van der Waals surface area contributed by atoms with Gasteiger partial charge in [0.15, 0.2) is 0 Å². The van der Waals surface area contributed by atoms with Crippen molar-refractivity contribution >= 4 is 11.8 Å². The van der Waals surface area contributed by atoms with Crippen LogP contribution in [0, 0.1) is 11.3 Å². The minimum atomic E-state index is -0.409. The molecule has 72 valence electrons. The Hall–Kier alpha value is -2.09. The number of esters is 1. The summed E-state index contributed by atoms with van der Waals surface area (Å²) in [6.45, 7) is 0. The van der Waals surface area contributed by atoms with E-state index in [2.05, 4.69) is 9.72 Å². The second-order valence-corrected chi connectivity index (χ2v) is 2.63. The Kier molecular flexibility index (Phi) is 3.02. The predicted molar refractivity (Wildman–Crippen MR) is 49.1 cm³/mol. The number of nitrogen functional groups attached to an aromatic ring is 1. The number of aromatic nitrogens is 1. The van der Waals surface area contributed by atoms with Crippen LogP contribution in [0.5, 0.6) is 0 Å². The highest BCUT2D eigenvalue weighted by Crippen LogP contribution is 2.11. The average Bonchev–Trinajstić information content (AvgIpc) is 2.21. The first-order chi connectivity index (χ1) is 6.67. The third-order valence-corrected chi connectivity index (χ3v) is 1.69. The molecule has 14 heavy (non-hydrogen) atoms. The van der Waals surface area contributed by atoms with Crippen LogP contribution >= 0.6 is 0 Å². The van der Waals surface area contributed by atoms with Crippen molar-refractivity contribution in [1.82, 2.24) is 4.98 Å². The van der Waals surface area contributed by atoms with Crippen LogP contribution in [0.15, 0.2) is 12.3 Å². The Morgan fingerprint density at radius 3 is 3.07 bits per heavy atom. The van der Waals surface area contributed by atoms with Crippen LogP contribution in [0.25, 0.3) is 0 Å². The molecule has 5 nitrogen and oxygen atoms in total. The van der Waals surface area contributed by atoms with Crippen LogP contribution < -0.4 is 5.73 Å². The molecule has 0 radical (unpaired) electrons. The van der Waals surface area contributed by atoms with Crippen molar-refractivity contribution in [1.29, 1.82) is 5.26 Å². The molecule has 0 aliphatic rings. The fourth-order valence-corrected chi connectivity index (χ4v) is 0.951. The third-order valence-electron chi connectivity index (χ3n) is 1.69. The van der Waals surface area contributed by atoms with Gasteiger partial charge in [0.2, 0.25) is 0 Å². The van der Waals surface area contributed by atoms with Crippen molar-refractivity contribution in [2.75, 3.05) is 12.8 Å². The third kappa shape index (κ3) is 2.20. The number of carbonyl (C=O) groups is 1. The number of carbonyl (C=O) groups excluding carboxylic acids is 1. The molecule has 1 heterocycles. The molecule has 2 N–H and O–H groups in total. The molecule has 0 saturated carbocycles. The van der Waals surface area contributed by atoms with Crippen LogP contribution in [-0.4, -0.2) is 18.1 Å². The highest BCUT2D eigenvalue weighted by molar-refractivity contribution is 5.74. The van der Waals surface area contributed by atoms with Gasteiger partial charge in [-0.3, -0.25) is 4.79 Å². The Bertz CT molecular complexity index is 396. The summed E-state index contributed by atoms with van der Waals surface area (Å²) in [5.41, 5.74) is 6.40. The minimum absolute atomic E-state index is 0.0326. The normalized spacial score (nSPS) is 9.14. The topological polar surface area (TPSA) is 89.0 Å². The molecule has 0 aliphatic carbocycles. The molecule has 0 fully saturated rings. The predicted octanol–water partition coefficient (Wildman–Crippen LogP) is 0.251. The molecule has 0 atom stereocenters. The summed E-state index contributed by atoms with van der Waals surface area (Å²) in [4.78, 5) is 14.7. The van der Waals surface area contributed by atoms with E-state index in [9.17, 15) is 4.79 Å². The molecule has 0 unspecified atom stereocenters. The zero-order chi connectivity index (χ0) is 10.6. The van der Waals surface area contributed by atoms with Crippen molar-refractivity contribution in [2.45, 2.75) is 6.42 Å². The van der Waals surface area contributed by atoms with E-state index >= 15 is 0 Å². The zero-order valence-electron chi connectivity index (χ0n) is 7.65. The van der Waals surface area contributed by atoms with Crippen molar-refractivity contribution < 1.29 is 9.53 Å². The van der Waals surface area contributed by atoms with Gasteiger partial charge in [-0.05, 0) is 6.07 Å². The fourth-order valence-electron chi connectivity index (χ4n) is 0.951. The lowest BCUT2D eigenvalue weighted by molar-refractivity contribution is -0.139. The van der Waals surface area contributed by atoms with Gasteiger partial charge in [0.05, 0.1) is 19.1 Å². The SMILES string of the molecule is COC(=O)Cc1cc(C#N)cnc1N. The van der Waals surface area contributed by atoms with E-state index in [0.717, 1.165) is 0 Å². The van der Waals surface area contributed by atoms with Gasteiger partial charge >= 0.3 is 5.97 Å². The standard InChI is InChI=1S/C9H9N3O2/c1-14-8(13)3-7-2-6(4-10)5-12-9(7)11/h2,5H,3H2,1H3,(H2,11,12). The van der Waals surface area contributed by atoms with Gasteiger partial charge in [0.1, 0.15) is 11.9 Å². The van der Waals surface area contributed by atoms with Gasteiger partial charge in [-0.25, -0.2) is 4.98 Å². The quantitative estimate of drug-likeness (QED) is 0.677. The molecular formula is C9H9N3O2. The highest BCUT2D eigenvalue weighted by atomic mass is 16.5. The van der Waals surface area contributed by atoms with Gasteiger partial charge in [-0.1, -0.05) is 0 Å². The zero-order valence-corrected chi connectivity index (χ0v) is 7.65. The largest absolute Gasteiger partial charge is 0.469 e. The number of anilines is 1. The van der Waals surface area contributed by atoms with E-state index in [1.165, 1.54) is 19.4 Å². The van der Waals surface area contributed by atoms with Crippen molar-refractivity contribution in [3.05, 3.63) is 23.4 Å². The van der Waals surface area contributed by atoms with E-state index in [4.69, 9.17) is 11.0 Å². The average molecular weight is 191 g/mol. The number of nitriles is 1. The molecule has 5 heteroatoms. The van der Waals surface area contributed by atoms with Crippen molar-refractivity contribution in [2.24, 2.45) is 0 Å². The lowest BCUT2D eigenvalue weighted by Gasteiger charge is -2.03. The number of hydrogen-bond acceptors (Lipinski definition) is 5. The lowest BCUT2D eigenvalue weighted by atomic mass is 10.1. The number of hydrogen-bond donors (Lipinski definition) is 1. The molecule has 0 saturated heterocycles.